The van der Waals surface area contributed by atoms with Crippen LogP contribution in [0, 0.1) is 5.92 Å². The molecule has 39 heavy (non-hydrogen) atoms. The fraction of sp³-hybridized carbons (Fsp3) is 0.656. The molecule has 0 saturated heterocycles. The summed E-state index contributed by atoms with van der Waals surface area (Å²) in [7, 11) is 0. The van der Waals surface area contributed by atoms with E-state index >= 15 is 0 Å². The first kappa shape index (κ1) is 29.2. The average molecular weight is 539 g/mol. The minimum atomic E-state index is -0.862. The highest BCUT2D eigenvalue weighted by Gasteiger charge is 2.39. The zero-order valence-electron chi connectivity index (χ0n) is 24.4. The topological polar surface area (TPSA) is 84.9 Å². The number of nitrogens with one attached hydrogen (secondary N) is 1. The van der Waals surface area contributed by atoms with Crippen LogP contribution in [-0.2, 0) is 25.5 Å². The van der Waals surface area contributed by atoms with Crippen LogP contribution in [0.25, 0.3) is 5.57 Å². The van der Waals surface area contributed by atoms with Gasteiger partial charge in [-0.05, 0) is 100 Å². The Bertz CT molecular complexity index is 1080. The average Bonchev–Trinajstić information content (AvgIpc) is 3.25. The van der Waals surface area contributed by atoms with E-state index in [1.165, 1.54) is 28.7 Å². The third-order valence-electron chi connectivity index (χ3n) is 7.95. The Morgan fingerprint density at radius 1 is 1.08 bits per heavy atom. The molecule has 1 fully saturated rings. The van der Waals surface area contributed by atoms with Crippen molar-refractivity contribution in [3.8, 4) is 0 Å². The standard InChI is InChI=1S/C32H46N2O5/c1-21(2)19-28-26-20-22-11-9-10-14-24(22)25(26)17-18-34(28)30(36)27(33-31(37)39-32(3,4)5)15-16-29(35)38-23-12-7-6-8-13-23/h9-11,14,21,23,27-28H,6-8,12-13,15-20H2,1-5H3,(H,33,37)/t27-,28?/m1/s1. The number of benzene rings is 1. The summed E-state index contributed by atoms with van der Waals surface area (Å²) in [5.41, 5.74) is 4.62. The minimum Gasteiger partial charge on any atom is -0.462 e. The quantitative estimate of drug-likeness (QED) is 0.399. The van der Waals surface area contributed by atoms with Gasteiger partial charge in [-0.1, -0.05) is 44.5 Å². The van der Waals surface area contributed by atoms with Crippen molar-refractivity contribution in [1.82, 2.24) is 10.2 Å². The number of carbonyl (C=O) groups excluding carboxylic acids is 3. The van der Waals surface area contributed by atoms with Crippen molar-refractivity contribution < 1.29 is 23.9 Å². The lowest BCUT2D eigenvalue weighted by Crippen LogP contribution is -2.54. The Morgan fingerprint density at radius 2 is 1.79 bits per heavy atom. The number of alkyl carbamates (subject to hydrolysis) is 1. The van der Waals surface area contributed by atoms with Crippen LogP contribution in [-0.4, -0.2) is 53.2 Å². The molecule has 0 bridgehead atoms. The molecule has 1 aromatic carbocycles. The Kier molecular flexibility index (Phi) is 9.39. The van der Waals surface area contributed by atoms with Gasteiger partial charge in [0.1, 0.15) is 17.7 Å². The van der Waals surface area contributed by atoms with E-state index in [0.717, 1.165) is 44.9 Å². The third kappa shape index (κ3) is 7.64. The molecular weight excluding hydrogens is 492 g/mol. The summed E-state index contributed by atoms with van der Waals surface area (Å²) in [6.07, 6.45) is 7.19. The summed E-state index contributed by atoms with van der Waals surface area (Å²) >= 11 is 0. The molecule has 1 heterocycles. The molecule has 3 aliphatic rings. The van der Waals surface area contributed by atoms with Gasteiger partial charge in [0.2, 0.25) is 5.91 Å². The summed E-state index contributed by atoms with van der Waals surface area (Å²) < 4.78 is 11.2. The van der Waals surface area contributed by atoms with E-state index in [0.29, 0.717) is 12.5 Å². The third-order valence-corrected chi connectivity index (χ3v) is 7.95. The van der Waals surface area contributed by atoms with Gasteiger partial charge < -0.3 is 19.7 Å². The van der Waals surface area contributed by atoms with Crippen molar-refractivity contribution in [3.63, 3.8) is 0 Å². The molecule has 1 N–H and O–H groups in total. The molecule has 4 rings (SSSR count). The van der Waals surface area contributed by atoms with Gasteiger partial charge in [-0.15, -0.1) is 0 Å². The summed E-state index contributed by atoms with van der Waals surface area (Å²) in [6, 6.07) is 7.62. The molecule has 0 spiro atoms. The van der Waals surface area contributed by atoms with Gasteiger partial charge >= 0.3 is 12.1 Å². The zero-order chi connectivity index (χ0) is 28.2. The van der Waals surface area contributed by atoms with E-state index in [2.05, 4.69) is 43.4 Å². The number of hydrogen-bond donors (Lipinski definition) is 1. The molecule has 1 aromatic rings. The number of esters is 1. The molecule has 2 atom stereocenters. The van der Waals surface area contributed by atoms with Crippen molar-refractivity contribution >= 4 is 23.5 Å². The van der Waals surface area contributed by atoms with E-state index in [1.54, 1.807) is 20.8 Å². The first-order valence-corrected chi connectivity index (χ1v) is 14.8. The normalized spacial score (nSPS) is 20.4. The van der Waals surface area contributed by atoms with Crippen molar-refractivity contribution in [3.05, 3.63) is 41.0 Å². The van der Waals surface area contributed by atoms with Gasteiger partial charge in [-0.25, -0.2) is 4.79 Å². The zero-order valence-corrected chi connectivity index (χ0v) is 24.4. The molecule has 2 amide bonds. The molecule has 1 aliphatic heterocycles. The minimum absolute atomic E-state index is 0.0360. The predicted molar refractivity (Wildman–Crippen MR) is 152 cm³/mol. The molecular formula is C32H46N2O5. The molecule has 2 aliphatic carbocycles. The Hall–Kier alpha value is -2.83. The number of carbonyl (C=O) groups is 3. The van der Waals surface area contributed by atoms with Crippen molar-refractivity contribution in [1.29, 1.82) is 0 Å². The number of amides is 2. The van der Waals surface area contributed by atoms with E-state index < -0.39 is 17.7 Å². The van der Waals surface area contributed by atoms with Crippen LogP contribution in [0.4, 0.5) is 4.79 Å². The number of nitrogens with zero attached hydrogens (tertiary/aromatic N) is 1. The van der Waals surface area contributed by atoms with Gasteiger partial charge in [-0.3, -0.25) is 9.59 Å². The lowest BCUT2D eigenvalue weighted by molar-refractivity contribution is -0.151. The maximum atomic E-state index is 14.1. The van der Waals surface area contributed by atoms with Gasteiger partial charge in [0.05, 0.1) is 6.04 Å². The van der Waals surface area contributed by atoms with Gasteiger partial charge in [0, 0.05) is 13.0 Å². The lowest BCUT2D eigenvalue weighted by atomic mass is 9.87. The van der Waals surface area contributed by atoms with Crippen molar-refractivity contribution in [2.24, 2.45) is 5.92 Å². The molecule has 1 saturated carbocycles. The van der Waals surface area contributed by atoms with E-state index in [9.17, 15) is 14.4 Å². The molecule has 7 heteroatoms. The fourth-order valence-corrected chi connectivity index (χ4v) is 6.22. The van der Waals surface area contributed by atoms with Crippen LogP contribution in [0.2, 0.25) is 0 Å². The summed E-state index contributed by atoms with van der Waals surface area (Å²) in [5, 5.41) is 2.80. The Balaban J connectivity index is 1.51. The monoisotopic (exact) mass is 538 g/mol. The highest BCUT2D eigenvalue weighted by atomic mass is 16.6. The van der Waals surface area contributed by atoms with Crippen LogP contribution in [0.1, 0.15) is 104 Å². The van der Waals surface area contributed by atoms with Gasteiger partial charge in [-0.2, -0.15) is 0 Å². The van der Waals surface area contributed by atoms with Crippen LogP contribution in [0.3, 0.4) is 0 Å². The summed E-state index contributed by atoms with van der Waals surface area (Å²) in [6.45, 7) is 10.3. The SMILES string of the molecule is CC(C)CC1C2=C(CCN1C(=O)[C@@H](CCC(=O)OC1CCCCC1)NC(=O)OC(C)(C)C)c1ccccc1C2. The Morgan fingerprint density at radius 3 is 2.49 bits per heavy atom. The van der Waals surface area contributed by atoms with Gasteiger partial charge in [0.25, 0.3) is 0 Å². The van der Waals surface area contributed by atoms with E-state index in [1.807, 2.05) is 4.90 Å². The first-order chi connectivity index (χ1) is 18.5. The highest BCUT2D eigenvalue weighted by molar-refractivity contribution is 5.89. The van der Waals surface area contributed by atoms with Crippen molar-refractivity contribution in [2.45, 2.75) is 123 Å². The number of rotatable bonds is 8. The van der Waals surface area contributed by atoms with E-state index in [4.69, 9.17) is 9.47 Å². The second-order valence-corrected chi connectivity index (χ2v) is 12.8. The number of ether oxygens (including phenoxy) is 2. The van der Waals surface area contributed by atoms with Crippen LogP contribution >= 0.6 is 0 Å². The molecule has 7 nitrogen and oxygen atoms in total. The maximum absolute atomic E-state index is 14.1. The summed E-state index contributed by atoms with van der Waals surface area (Å²) in [4.78, 5) is 41.6. The molecule has 1 unspecified atom stereocenters. The number of fused-ring (bicyclic) bond motifs is 2. The summed E-state index contributed by atoms with van der Waals surface area (Å²) in [5.74, 6) is -0.0672. The largest absolute Gasteiger partial charge is 0.462 e. The molecule has 0 radical (unpaired) electrons. The fourth-order valence-electron chi connectivity index (χ4n) is 6.22. The van der Waals surface area contributed by atoms with Crippen LogP contribution in [0.15, 0.2) is 29.8 Å². The van der Waals surface area contributed by atoms with Crippen molar-refractivity contribution in [2.75, 3.05) is 6.54 Å². The molecule has 214 valence electrons. The van der Waals surface area contributed by atoms with Gasteiger partial charge in [0.15, 0.2) is 0 Å². The Labute approximate surface area is 233 Å². The predicted octanol–water partition coefficient (Wildman–Crippen LogP) is 6.19. The lowest BCUT2D eigenvalue weighted by Gasteiger charge is -2.40. The molecule has 0 aromatic heterocycles. The van der Waals surface area contributed by atoms with E-state index in [-0.39, 0.29) is 36.9 Å². The number of hydrogen-bond acceptors (Lipinski definition) is 5. The first-order valence-electron chi connectivity index (χ1n) is 14.8. The second-order valence-electron chi connectivity index (χ2n) is 12.8. The highest BCUT2D eigenvalue weighted by Crippen LogP contribution is 2.42. The van der Waals surface area contributed by atoms with Crippen LogP contribution < -0.4 is 5.32 Å². The maximum Gasteiger partial charge on any atom is 0.408 e. The van der Waals surface area contributed by atoms with Crippen LogP contribution in [0.5, 0.6) is 0 Å². The smallest absolute Gasteiger partial charge is 0.408 e. The second kappa shape index (κ2) is 12.6.